The lowest BCUT2D eigenvalue weighted by Gasteiger charge is -2.39. The van der Waals surface area contributed by atoms with Crippen molar-refractivity contribution in [1.29, 1.82) is 0 Å². The second-order valence-electron chi connectivity index (χ2n) is 5.48. The number of amides is 1. The minimum atomic E-state index is 0.120. The molecule has 1 aromatic rings. The maximum Gasteiger partial charge on any atom is 0.248 e. The molecule has 2 aliphatic rings. The largest absolute Gasteiger partial charge is 0.306 e. The number of piperidine rings is 1. The second kappa shape index (κ2) is 5.75. The summed E-state index contributed by atoms with van der Waals surface area (Å²) in [5.74, 6) is 0.120. The Morgan fingerprint density at radius 1 is 1.35 bits per heavy atom. The SMILES string of the molecule is CCN1CCCC(N2C(=O)CN=Cc3ccccc32)C1. The molecule has 0 aliphatic carbocycles. The van der Waals surface area contributed by atoms with Gasteiger partial charge in [0.15, 0.2) is 0 Å². The zero-order chi connectivity index (χ0) is 13.9. The first-order valence-corrected chi connectivity index (χ1v) is 7.43. The van der Waals surface area contributed by atoms with Crippen molar-refractivity contribution in [2.45, 2.75) is 25.8 Å². The molecule has 20 heavy (non-hydrogen) atoms. The summed E-state index contributed by atoms with van der Waals surface area (Å²) in [6.45, 7) is 5.61. The fourth-order valence-corrected chi connectivity index (χ4v) is 3.18. The Kier molecular flexibility index (Phi) is 3.83. The van der Waals surface area contributed by atoms with E-state index in [0.29, 0.717) is 0 Å². The molecule has 1 amide bonds. The summed E-state index contributed by atoms with van der Waals surface area (Å²) in [5, 5.41) is 0. The molecule has 2 aliphatic heterocycles. The maximum absolute atomic E-state index is 12.5. The van der Waals surface area contributed by atoms with Crippen molar-refractivity contribution >= 4 is 17.8 Å². The van der Waals surface area contributed by atoms with Crippen molar-refractivity contribution in [1.82, 2.24) is 4.90 Å². The smallest absolute Gasteiger partial charge is 0.248 e. The number of rotatable bonds is 2. The Labute approximate surface area is 120 Å². The van der Waals surface area contributed by atoms with Crippen LogP contribution in [0.5, 0.6) is 0 Å². The number of hydrogen-bond acceptors (Lipinski definition) is 3. The van der Waals surface area contributed by atoms with Gasteiger partial charge in [-0.15, -0.1) is 0 Å². The molecule has 0 radical (unpaired) electrons. The Balaban J connectivity index is 1.93. The molecule has 0 N–H and O–H groups in total. The van der Waals surface area contributed by atoms with Crippen LogP contribution in [0.3, 0.4) is 0 Å². The van der Waals surface area contributed by atoms with E-state index < -0.39 is 0 Å². The van der Waals surface area contributed by atoms with Crippen LogP contribution in [0.4, 0.5) is 5.69 Å². The Morgan fingerprint density at radius 3 is 3.05 bits per heavy atom. The highest BCUT2D eigenvalue weighted by Gasteiger charge is 2.30. The highest BCUT2D eigenvalue weighted by Crippen LogP contribution is 2.27. The molecule has 4 nitrogen and oxygen atoms in total. The zero-order valence-electron chi connectivity index (χ0n) is 12.0. The van der Waals surface area contributed by atoms with E-state index in [0.717, 1.165) is 43.7 Å². The molecule has 3 rings (SSSR count). The average molecular weight is 271 g/mol. The van der Waals surface area contributed by atoms with E-state index in [1.54, 1.807) is 0 Å². The molecule has 106 valence electrons. The van der Waals surface area contributed by atoms with Crippen LogP contribution in [-0.2, 0) is 4.79 Å². The molecule has 1 fully saturated rings. The number of carbonyl (C=O) groups is 1. The fourth-order valence-electron chi connectivity index (χ4n) is 3.18. The predicted molar refractivity (Wildman–Crippen MR) is 81.5 cm³/mol. The molecule has 0 saturated carbocycles. The third-order valence-corrected chi connectivity index (χ3v) is 4.21. The minimum Gasteiger partial charge on any atom is -0.306 e. The summed E-state index contributed by atoms with van der Waals surface area (Å²) in [6, 6.07) is 8.34. The number of fused-ring (bicyclic) bond motifs is 1. The van der Waals surface area contributed by atoms with Gasteiger partial charge in [0.25, 0.3) is 0 Å². The van der Waals surface area contributed by atoms with E-state index in [1.807, 2.05) is 35.4 Å². The van der Waals surface area contributed by atoms with Crippen molar-refractivity contribution in [3.05, 3.63) is 29.8 Å². The van der Waals surface area contributed by atoms with E-state index in [9.17, 15) is 4.79 Å². The van der Waals surface area contributed by atoms with E-state index in [4.69, 9.17) is 0 Å². The summed E-state index contributed by atoms with van der Waals surface area (Å²) < 4.78 is 0. The van der Waals surface area contributed by atoms with Crippen molar-refractivity contribution in [2.75, 3.05) is 31.1 Å². The van der Waals surface area contributed by atoms with E-state index in [1.165, 1.54) is 0 Å². The van der Waals surface area contributed by atoms with Gasteiger partial charge in [0.05, 0.1) is 5.69 Å². The number of aliphatic imine (C=N–C) groups is 1. The van der Waals surface area contributed by atoms with E-state index in [2.05, 4.69) is 16.8 Å². The van der Waals surface area contributed by atoms with Crippen molar-refractivity contribution in [3.8, 4) is 0 Å². The number of hydrogen-bond donors (Lipinski definition) is 0. The summed E-state index contributed by atoms with van der Waals surface area (Å²) >= 11 is 0. The Bertz CT molecular complexity index is 526. The topological polar surface area (TPSA) is 35.9 Å². The van der Waals surface area contributed by atoms with Gasteiger partial charge in [-0.2, -0.15) is 0 Å². The van der Waals surface area contributed by atoms with Crippen LogP contribution < -0.4 is 4.90 Å². The van der Waals surface area contributed by atoms with Crippen LogP contribution >= 0.6 is 0 Å². The minimum absolute atomic E-state index is 0.120. The fraction of sp³-hybridized carbons (Fsp3) is 0.500. The third-order valence-electron chi connectivity index (χ3n) is 4.21. The number of likely N-dealkylation sites (tertiary alicyclic amines) is 1. The predicted octanol–water partition coefficient (Wildman–Crippen LogP) is 1.94. The summed E-state index contributed by atoms with van der Waals surface area (Å²) in [7, 11) is 0. The molecule has 2 heterocycles. The lowest BCUT2D eigenvalue weighted by molar-refractivity contribution is -0.117. The molecule has 0 spiro atoms. The number of benzene rings is 1. The monoisotopic (exact) mass is 271 g/mol. The first kappa shape index (κ1) is 13.3. The molecule has 1 atom stereocenters. The Morgan fingerprint density at radius 2 is 2.20 bits per heavy atom. The molecule has 0 aromatic heterocycles. The summed E-state index contributed by atoms with van der Waals surface area (Å²) in [5.41, 5.74) is 2.06. The van der Waals surface area contributed by atoms with Gasteiger partial charge in [-0.25, -0.2) is 0 Å². The van der Waals surface area contributed by atoms with Gasteiger partial charge in [0.2, 0.25) is 5.91 Å². The zero-order valence-corrected chi connectivity index (χ0v) is 12.0. The van der Waals surface area contributed by atoms with Crippen molar-refractivity contribution in [2.24, 2.45) is 4.99 Å². The van der Waals surface area contributed by atoms with Gasteiger partial charge in [0.1, 0.15) is 6.54 Å². The van der Waals surface area contributed by atoms with Gasteiger partial charge < -0.3 is 9.80 Å². The van der Waals surface area contributed by atoms with Crippen LogP contribution in [0.15, 0.2) is 29.3 Å². The van der Waals surface area contributed by atoms with Crippen LogP contribution in [0.25, 0.3) is 0 Å². The second-order valence-corrected chi connectivity index (χ2v) is 5.48. The molecule has 1 saturated heterocycles. The average Bonchev–Trinajstić information content (AvgIpc) is 2.65. The van der Waals surface area contributed by atoms with Gasteiger partial charge >= 0.3 is 0 Å². The normalized spacial score (nSPS) is 23.6. The van der Waals surface area contributed by atoms with Crippen molar-refractivity contribution in [3.63, 3.8) is 0 Å². The van der Waals surface area contributed by atoms with Gasteiger partial charge in [-0.3, -0.25) is 9.79 Å². The summed E-state index contributed by atoms with van der Waals surface area (Å²) in [4.78, 5) is 21.1. The number of para-hydroxylation sites is 1. The Hall–Kier alpha value is -1.68. The van der Waals surface area contributed by atoms with E-state index >= 15 is 0 Å². The number of carbonyl (C=O) groups excluding carboxylic acids is 1. The third kappa shape index (κ3) is 2.48. The highest BCUT2D eigenvalue weighted by atomic mass is 16.2. The molecule has 0 bridgehead atoms. The van der Waals surface area contributed by atoms with Crippen LogP contribution in [0.2, 0.25) is 0 Å². The quantitative estimate of drug-likeness (QED) is 0.824. The van der Waals surface area contributed by atoms with Gasteiger partial charge in [0, 0.05) is 24.4 Å². The van der Waals surface area contributed by atoms with Gasteiger partial charge in [-0.05, 0) is 32.0 Å². The molecule has 1 unspecified atom stereocenters. The van der Waals surface area contributed by atoms with Crippen LogP contribution in [-0.4, -0.2) is 49.2 Å². The van der Waals surface area contributed by atoms with Crippen LogP contribution in [0, 0.1) is 0 Å². The summed E-state index contributed by atoms with van der Waals surface area (Å²) in [6.07, 6.45) is 4.07. The number of nitrogens with zero attached hydrogens (tertiary/aromatic N) is 3. The molecular formula is C16H21N3O. The lowest BCUT2D eigenvalue weighted by atomic mass is 10.0. The van der Waals surface area contributed by atoms with E-state index in [-0.39, 0.29) is 18.5 Å². The lowest BCUT2D eigenvalue weighted by Crippen LogP contribution is -2.51. The number of anilines is 1. The van der Waals surface area contributed by atoms with Crippen molar-refractivity contribution < 1.29 is 4.79 Å². The molecular weight excluding hydrogens is 250 g/mol. The molecule has 1 aromatic carbocycles. The maximum atomic E-state index is 12.5. The van der Waals surface area contributed by atoms with Crippen LogP contribution in [0.1, 0.15) is 25.3 Å². The first-order chi connectivity index (χ1) is 9.79. The molecule has 4 heteroatoms. The highest BCUT2D eigenvalue weighted by molar-refractivity contribution is 6.03. The number of likely N-dealkylation sites (N-methyl/N-ethyl adjacent to an activating group) is 1. The first-order valence-electron chi connectivity index (χ1n) is 7.43. The van der Waals surface area contributed by atoms with Gasteiger partial charge in [-0.1, -0.05) is 25.1 Å². The number of benzodiazepines with no additional fused rings is 1. The standard InChI is InChI=1S/C16H21N3O/c1-2-18-9-5-7-14(12-18)19-15-8-4-3-6-13(15)10-17-11-16(19)20/h3-4,6,8,10,14H,2,5,7,9,11-12H2,1H3.